The van der Waals surface area contributed by atoms with Gasteiger partial charge in [-0.3, -0.25) is 0 Å². The van der Waals surface area contributed by atoms with Crippen LogP contribution in [0, 0.1) is 6.92 Å². The molecule has 0 aliphatic heterocycles. The smallest absolute Gasteiger partial charge is 0.409 e. The van der Waals surface area contributed by atoms with E-state index in [1.165, 1.54) is 30.6 Å². The van der Waals surface area contributed by atoms with Crippen LogP contribution >= 0.6 is 22.9 Å². The minimum absolute atomic E-state index is 0.296. The highest BCUT2D eigenvalue weighted by molar-refractivity contribution is 7.19. The van der Waals surface area contributed by atoms with Crippen LogP contribution < -0.4 is 4.74 Å². The monoisotopic (exact) mass is 450 g/mol. The number of thiophene rings is 1. The summed E-state index contributed by atoms with van der Waals surface area (Å²) in [5.41, 5.74) is 2.69. The van der Waals surface area contributed by atoms with Gasteiger partial charge in [0.15, 0.2) is 0 Å². The molecule has 2 aromatic heterocycles. The summed E-state index contributed by atoms with van der Waals surface area (Å²) in [6.07, 6.45) is 7.85. The highest BCUT2D eigenvalue weighted by Crippen LogP contribution is 2.36. The maximum Gasteiger partial charge on any atom is 0.409 e. The van der Waals surface area contributed by atoms with E-state index in [-0.39, 0.29) is 6.09 Å². The molecule has 1 saturated carbocycles. The van der Waals surface area contributed by atoms with E-state index in [0.29, 0.717) is 23.6 Å². The molecule has 0 radical (unpaired) electrons. The summed E-state index contributed by atoms with van der Waals surface area (Å²) < 4.78 is 12.2. The minimum atomic E-state index is -0.322. The van der Waals surface area contributed by atoms with E-state index in [1.807, 2.05) is 25.1 Å². The average molecular weight is 451 g/mol. The van der Waals surface area contributed by atoms with Gasteiger partial charge in [-0.1, -0.05) is 31.4 Å². The Morgan fingerprint density at radius 2 is 2.07 bits per heavy atom. The third-order valence-electron chi connectivity index (χ3n) is 5.34. The van der Waals surface area contributed by atoms with Gasteiger partial charge in [-0.25, -0.2) is 9.78 Å². The molecule has 164 valence electrons. The van der Waals surface area contributed by atoms with Crippen LogP contribution in [0.15, 0.2) is 18.2 Å². The molecule has 2 heterocycles. The van der Waals surface area contributed by atoms with E-state index in [4.69, 9.17) is 26.1 Å². The van der Waals surface area contributed by atoms with Crippen molar-refractivity contribution in [3.8, 4) is 16.3 Å². The van der Waals surface area contributed by atoms with Crippen LogP contribution in [0.1, 0.15) is 63.1 Å². The fraction of sp³-hybridized carbons (Fsp3) is 0.565. The molecule has 0 aromatic carbocycles. The molecule has 7 heteroatoms. The van der Waals surface area contributed by atoms with Crippen molar-refractivity contribution in [3.05, 3.63) is 33.8 Å². The van der Waals surface area contributed by atoms with Crippen LogP contribution in [0.5, 0.6) is 5.75 Å². The largest absolute Gasteiger partial charge is 0.489 e. The average Bonchev–Trinajstić information content (AvgIpc) is 3.10. The summed E-state index contributed by atoms with van der Waals surface area (Å²) in [5.74, 6) is 0.853. The third-order valence-corrected chi connectivity index (χ3v) is 6.67. The second kappa shape index (κ2) is 11.0. The molecule has 0 N–H and O–H groups in total. The van der Waals surface area contributed by atoms with Gasteiger partial charge >= 0.3 is 6.09 Å². The molecule has 5 nitrogen and oxygen atoms in total. The number of hydrogen-bond donors (Lipinski definition) is 0. The molecule has 1 aliphatic carbocycles. The summed E-state index contributed by atoms with van der Waals surface area (Å²) in [5, 5.41) is 0. The Kier molecular flexibility index (Phi) is 8.40. The fourth-order valence-corrected chi connectivity index (χ4v) is 4.86. The van der Waals surface area contributed by atoms with Gasteiger partial charge in [-0.05, 0) is 62.8 Å². The molecule has 0 saturated heterocycles. The Morgan fingerprint density at radius 3 is 2.77 bits per heavy atom. The van der Waals surface area contributed by atoms with Gasteiger partial charge in [0.2, 0.25) is 0 Å². The van der Waals surface area contributed by atoms with E-state index >= 15 is 0 Å². The first kappa shape index (κ1) is 22.9. The van der Waals surface area contributed by atoms with Crippen LogP contribution in [0.25, 0.3) is 10.6 Å². The summed E-state index contributed by atoms with van der Waals surface area (Å²) in [7, 11) is 1.74. The Bertz CT molecular complexity index is 849. The quantitative estimate of drug-likeness (QED) is 0.412. The predicted octanol–water partition coefficient (Wildman–Crippen LogP) is 6.85. The number of amides is 1. The highest BCUT2D eigenvalue weighted by Gasteiger charge is 2.19. The molecule has 0 unspecified atom stereocenters. The molecule has 1 amide bonds. The molecular weight excluding hydrogens is 420 g/mol. The molecule has 1 aliphatic rings. The number of hydrogen-bond acceptors (Lipinski definition) is 5. The van der Waals surface area contributed by atoms with Crippen molar-refractivity contribution in [2.24, 2.45) is 0 Å². The van der Waals surface area contributed by atoms with Crippen LogP contribution in [0.3, 0.4) is 0 Å². The van der Waals surface area contributed by atoms with E-state index in [0.717, 1.165) is 53.3 Å². The second-order valence-corrected chi connectivity index (χ2v) is 9.57. The number of carbonyl (C=O) groups is 1. The Hall–Kier alpha value is -1.79. The Morgan fingerprint density at radius 1 is 1.30 bits per heavy atom. The zero-order valence-electron chi connectivity index (χ0n) is 18.1. The van der Waals surface area contributed by atoms with Gasteiger partial charge in [0.05, 0.1) is 39.9 Å². The molecule has 2 aromatic rings. The van der Waals surface area contributed by atoms with Gasteiger partial charge < -0.3 is 14.4 Å². The van der Waals surface area contributed by atoms with Gasteiger partial charge in [-0.15, -0.1) is 11.3 Å². The zero-order chi connectivity index (χ0) is 21.5. The lowest BCUT2D eigenvalue weighted by Gasteiger charge is -2.23. The Balaban J connectivity index is 1.71. The van der Waals surface area contributed by atoms with Gasteiger partial charge in [-0.2, -0.15) is 0 Å². The summed E-state index contributed by atoms with van der Waals surface area (Å²) in [4.78, 5) is 19.5. The summed E-state index contributed by atoms with van der Waals surface area (Å²) in [6.45, 7) is 4.91. The Labute approximate surface area is 188 Å². The number of aryl methyl sites for hydroxylation is 1. The third kappa shape index (κ3) is 6.11. The minimum Gasteiger partial charge on any atom is -0.489 e. The van der Waals surface area contributed by atoms with E-state index < -0.39 is 0 Å². The van der Waals surface area contributed by atoms with Crippen molar-refractivity contribution in [2.45, 2.75) is 71.4 Å². The molecule has 3 rings (SSSR count). The standard InChI is InChI=1S/C23H31ClN2O3S/c1-4-5-13-28-23(27)26(3)15-17-14-21(24)30-22(17)19-11-12-20(16(2)25-19)29-18-9-7-6-8-10-18/h11-12,14,18H,4-10,13,15H2,1-3H3. The lowest BCUT2D eigenvalue weighted by molar-refractivity contribution is 0.108. The van der Waals surface area contributed by atoms with Crippen LogP contribution in [0.4, 0.5) is 4.79 Å². The molecule has 1 fully saturated rings. The topological polar surface area (TPSA) is 51.7 Å². The number of pyridine rings is 1. The first-order valence-electron chi connectivity index (χ1n) is 10.8. The predicted molar refractivity (Wildman–Crippen MR) is 123 cm³/mol. The normalized spacial score (nSPS) is 14.5. The van der Waals surface area contributed by atoms with Crippen LogP contribution in [0.2, 0.25) is 4.34 Å². The van der Waals surface area contributed by atoms with Crippen LogP contribution in [-0.4, -0.2) is 35.7 Å². The molecule has 30 heavy (non-hydrogen) atoms. The molecule has 0 bridgehead atoms. The van der Waals surface area contributed by atoms with Gasteiger partial charge in [0.1, 0.15) is 5.75 Å². The number of halogens is 1. The first-order valence-corrected chi connectivity index (χ1v) is 12.0. The maximum atomic E-state index is 12.2. The maximum absolute atomic E-state index is 12.2. The lowest BCUT2D eigenvalue weighted by Crippen LogP contribution is -2.27. The molecular formula is C23H31ClN2O3S. The van der Waals surface area contributed by atoms with Crippen molar-refractivity contribution in [2.75, 3.05) is 13.7 Å². The van der Waals surface area contributed by atoms with Crippen LogP contribution in [-0.2, 0) is 11.3 Å². The van der Waals surface area contributed by atoms with Crippen molar-refractivity contribution < 1.29 is 14.3 Å². The fourth-order valence-electron chi connectivity index (χ4n) is 3.63. The highest BCUT2D eigenvalue weighted by atomic mass is 35.5. The van der Waals surface area contributed by atoms with Crippen molar-refractivity contribution in [1.82, 2.24) is 9.88 Å². The second-order valence-electron chi connectivity index (χ2n) is 7.89. The molecule has 0 spiro atoms. The summed E-state index contributed by atoms with van der Waals surface area (Å²) >= 11 is 7.79. The van der Waals surface area contributed by atoms with Crippen molar-refractivity contribution in [3.63, 3.8) is 0 Å². The van der Waals surface area contributed by atoms with E-state index in [2.05, 4.69) is 6.92 Å². The number of rotatable bonds is 8. The number of unbranched alkanes of at least 4 members (excludes halogenated alkanes) is 1. The van der Waals surface area contributed by atoms with Crippen molar-refractivity contribution in [1.29, 1.82) is 0 Å². The molecule has 0 atom stereocenters. The van der Waals surface area contributed by atoms with E-state index in [9.17, 15) is 4.79 Å². The van der Waals surface area contributed by atoms with Gasteiger partial charge in [0, 0.05) is 7.05 Å². The summed E-state index contributed by atoms with van der Waals surface area (Å²) in [6, 6.07) is 5.89. The first-order chi connectivity index (χ1) is 14.5. The number of nitrogens with zero attached hydrogens (tertiary/aromatic N) is 2. The van der Waals surface area contributed by atoms with E-state index in [1.54, 1.807) is 11.9 Å². The number of carbonyl (C=O) groups excluding carboxylic acids is 1. The SMILES string of the molecule is CCCCOC(=O)N(C)Cc1cc(Cl)sc1-c1ccc(OC2CCCCC2)c(C)n1. The zero-order valence-corrected chi connectivity index (χ0v) is 19.7. The van der Waals surface area contributed by atoms with Gasteiger partial charge in [0.25, 0.3) is 0 Å². The number of aromatic nitrogens is 1. The number of ether oxygens (including phenoxy) is 2. The van der Waals surface area contributed by atoms with Crippen molar-refractivity contribution >= 4 is 29.0 Å². The lowest BCUT2D eigenvalue weighted by atomic mass is 9.98.